The van der Waals surface area contributed by atoms with Gasteiger partial charge in [-0.25, -0.2) is 0 Å². The van der Waals surface area contributed by atoms with Gasteiger partial charge in [-0.3, -0.25) is 14.5 Å². The second-order valence-electron chi connectivity index (χ2n) is 8.63. The largest absolute Gasteiger partial charge is 0.507 e. The van der Waals surface area contributed by atoms with Gasteiger partial charge < -0.3 is 10.2 Å². The van der Waals surface area contributed by atoms with Crippen molar-refractivity contribution in [3.05, 3.63) is 33.7 Å². The molecule has 0 radical (unpaired) electrons. The van der Waals surface area contributed by atoms with Crippen LogP contribution >= 0.6 is 24.0 Å². The molecule has 7 heteroatoms. The zero-order valence-corrected chi connectivity index (χ0v) is 18.0. The molecule has 1 fully saturated rings. The Labute approximate surface area is 169 Å². The Hall–Kier alpha value is -1.86. The lowest BCUT2D eigenvalue weighted by Gasteiger charge is -2.28. The highest BCUT2D eigenvalue weighted by Gasteiger charge is 2.34. The maximum atomic E-state index is 12.5. The van der Waals surface area contributed by atoms with Gasteiger partial charge in [0.05, 0.1) is 4.91 Å². The number of rotatable bonds is 3. The average Bonchev–Trinajstić information content (AvgIpc) is 2.73. The third kappa shape index (κ3) is 4.71. The molecule has 0 aromatic heterocycles. The first-order chi connectivity index (χ1) is 12.2. The molecule has 1 aliphatic heterocycles. The van der Waals surface area contributed by atoms with E-state index in [0.29, 0.717) is 4.91 Å². The SMILES string of the molecule is CC(C)(C)c1cc(/C=C2\SC(=S)N(CC(=O)O)C2=O)cc(C(C)(C)C)c1O. The second-order valence-corrected chi connectivity index (χ2v) is 10.3. The topological polar surface area (TPSA) is 77.8 Å². The lowest BCUT2D eigenvalue weighted by Crippen LogP contribution is -2.33. The van der Waals surface area contributed by atoms with Gasteiger partial charge in [0, 0.05) is 11.1 Å². The lowest BCUT2D eigenvalue weighted by molar-refractivity contribution is -0.140. The zero-order chi connectivity index (χ0) is 20.7. The molecular formula is C20H25NO4S2. The van der Waals surface area contributed by atoms with Crippen LogP contribution in [0, 0.1) is 0 Å². The first-order valence-electron chi connectivity index (χ1n) is 8.57. The number of phenols is 1. The summed E-state index contributed by atoms with van der Waals surface area (Å²) in [5.74, 6) is -1.25. The molecule has 0 saturated carbocycles. The Balaban J connectivity index is 2.56. The van der Waals surface area contributed by atoms with Crippen molar-refractivity contribution >= 4 is 46.3 Å². The van der Waals surface area contributed by atoms with E-state index >= 15 is 0 Å². The van der Waals surface area contributed by atoms with Gasteiger partial charge in [0.25, 0.3) is 5.91 Å². The van der Waals surface area contributed by atoms with Crippen molar-refractivity contribution in [2.45, 2.75) is 52.4 Å². The molecule has 1 amide bonds. The van der Waals surface area contributed by atoms with Crippen molar-refractivity contribution in [1.29, 1.82) is 0 Å². The molecular weight excluding hydrogens is 382 g/mol. The van der Waals surface area contributed by atoms with Crippen molar-refractivity contribution in [3.8, 4) is 5.75 Å². The van der Waals surface area contributed by atoms with E-state index in [1.807, 2.05) is 53.7 Å². The normalized spacial score (nSPS) is 17.1. The summed E-state index contributed by atoms with van der Waals surface area (Å²) in [6.45, 7) is 11.7. The van der Waals surface area contributed by atoms with Crippen molar-refractivity contribution in [3.63, 3.8) is 0 Å². The number of carbonyl (C=O) groups excluding carboxylic acids is 1. The highest BCUT2D eigenvalue weighted by molar-refractivity contribution is 8.26. The highest BCUT2D eigenvalue weighted by atomic mass is 32.2. The Morgan fingerprint density at radius 2 is 1.63 bits per heavy atom. The van der Waals surface area contributed by atoms with Gasteiger partial charge >= 0.3 is 5.97 Å². The van der Waals surface area contributed by atoms with Crippen molar-refractivity contribution in [2.24, 2.45) is 0 Å². The number of aromatic hydroxyl groups is 1. The standard InChI is InChI=1S/C20H25NO4S2/c1-19(2,3)12-7-11(8-13(16(12)24)20(4,5)6)9-14-17(25)21(10-15(22)23)18(26)27-14/h7-9,24H,10H2,1-6H3,(H,22,23)/b14-9-. The molecule has 146 valence electrons. The van der Waals surface area contributed by atoms with E-state index in [0.717, 1.165) is 33.4 Å². The summed E-state index contributed by atoms with van der Waals surface area (Å²) in [5.41, 5.74) is 1.80. The fourth-order valence-corrected chi connectivity index (χ4v) is 4.06. The smallest absolute Gasteiger partial charge is 0.323 e. The van der Waals surface area contributed by atoms with Crippen LogP contribution in [-0.2, 0) is 20.4 Å². The number of thioether (sulfide) groups is 1. The summed E-state index contributed by atoms with van der Waals surface area (Å²) in [6.07, 6.45) is 1.71. The summed E-state index contributed by atoms with van der Waals surface area (Å²) in [4.78, 5) is 24.9. The molecule has 1 aromatic rings. The van der Waals surface area contributed by atoms with Gasteiger partial charge in [-0.15, -0.1) is 0 Å². The molecule has 0 bridgehead atoms. The number of benzene rings is 1. The number of nitrogens with zero attached hydrogens (tertiary/aromatic N) is 1. The third-order valence-corrected chi connectivity index (χ3v) is 5.59. The first-order valence-corrected chi connectivity index (χ1v) is 9.79. The molecule has 0 aliphatic carbocycles. The number of aliphatic carboxylic acids is 1. The van der Waals surface area contributed by atoms with E-state index in [4.69, 9.17) is 17.3 Å². The van der Waals surface area contributed by atoms with Crippen LogP contribution < -0.4 is 0 Å². The Morgan fingerprint density at radius 3 is 2.04 bits per heavy atom. The summed E-state index contributed by atoms with van der Waals surface area (Å²) in [5, 5.41) is 19.8. The summed E-state index contributed by atoms with van der Waals surface area (Å²) in [6, 6.07) is 3.74. The molecule has 1 heterocycles. The maximum Gasteiger partial charge on any atom is 0.323 e. The van der Waals surface area contributed by atoms with E-state index in [9.17, 15) is 14.7 Å². The van der Waals surface area contributed by atoms with Crippen molar-refractivity contribution in [1.82, 2.24) is 4.90 Å². The Morgan fingerprint density at radius 1 is 1.15 bits per heavy atom. The number of phenolic OH excluding ortho intramolecular Hbond substituents is 1. The molecule has 1 aromatic carbocycles. The van der Waals surface area contributed by atoms with Gasteiger partial charge in [-0.05, 0) is 34.6 Å². The number of carbonyl (C=O) groups is 2. The maximum absolute atomic E-state index is 12.5. The van der Waals surface area contributed by atoms with Crippen molar-refractivity contribution < 1.29 is 19.8 Å². The molecule has 0 unspecified atom stereocenters. The van der Waals surface area contributed by atoms with E-state index in [2.05, 4.69) is 0 Å². The van der Waals surface area contributed by atoms with E-state index < -0.39 is 18.4 Å². The van der Waals surface area contributed by atoms with Crippen LogP contribution in [0.4, 0.5) is 0 Å². The second kappa shape index (κ2) is 7.28. The molecule has 1 saturated heterocycles. The van der Waals surface area contributed by atoms with Crippen LogP contribution in [0.25, 0.3) is 6.08 Å². The van der Waals surface area contributed by atoms with Crippen LogP contribution in [0.2, 0.25) is 0 Å². The third-order valence-electron chi connectivity index (χ3n) is 4.21. The summed E-state index contributed by atoms with van der Waals surface area (Å²) < 4.78 is 0.236. The summed E-state index contributed by atoms with van der Waals surface area (Å²) in [7, 11) is 0. The zero-order valence-electron chi connectivity index (χ0n) is 16.4. The van der Waals surface area contributed by atoms with Gasteiger partial charge in [0.2, 0.25) is 0 Å². The highest BCUT2D eigenvalue weighted by Crippen LogP contribution is 2.41. The Bertz CT molecular complexity index is 810. The van der Waals surface area contributed by atoms with E-state index in [-0.39, 0.29) is 20.9 Å². The number of hydrogen-bond donors (Lipinski definition) is 2. The average molecular weight is 408 g/mol. The van der Waals surface area contributed by atoms with Crippen molar-refractivity contribution in [2.75, 3.05) is 6.54 Å². The Kier molecular flexibility index (Phi) is 5.78. The van der Waals surface area contributed by atoms with E-state index in [1.165, 1.54) is 0 Å². The quantitative estimate of drug-likeness (QED) is 0.575. The van der Waals surface area contributed by atoms with Gasteiger partial charge in [-0.2, -0.15) is 0 Å². The number of carboxylic acids is 1. The fourth-order valence-electron chi connectivity index (χ4n) is 2.81. The number of thiocarbonyl (C=S) groups is 1. The van der Waals surface area contributed by atoms with Gasteiger partial charge in [0.1, 0.15) is 16.6 Å². The van der Waals surface area contributed by atoms with Crippen LogP contribution in [0.15, 0.2) is 17.0 Å². The molecule has 2 N–H and O–H groups in total. The van der Waals surface area contributed by atoms with Crippen LogP contribution in [0.5, 0.6) is 5.75 Å². The molecule has 27 heavy (non-hydrogen) atoms. The summed E-state index contributed by atoms with van der Waals surface area (Å²) >= 11 is 6.24. The monoisotopic (exact) mass is 407 g/mol. The van der Waals surface area contributed by atoms with Crippen LogP contribution in [-0.4, -0.2) is 37.9 Å². The number of carboxylic acid groups (broad SMARTS) is 1. The number of hydrogen-bond acceptors (Lipinski definition) is 5. The molecule has 0 atom stereocenters. The number of amides is 1. The lowest BCUT2D eigenvalue weighted by atomic mass is 9.78. The minimum absolute atomic E-state index is 0.236. The van der Waals surface area contributed by atoms with Crippen LogP contribution in [0.3, 0.4) is 0 Å². The van der Waals surface area contributed by atoms with E-state index in [1.54, 1.807) is 6.08 Å². The minimum Gasteiger partial charge on any atom is -0.507 e. The molecule has 2 rings (SSSR count). The molecule has 1 aliphatic rings. The predicted molar refractivity (Wildman–Crippen MR) is 113 cm³/mol. The fraction of sp³-hybridized carbons (Fsp3) is 0.450. The van der Waals surface area contributed by atoms with Crippen LogP contribution in [0.1, 0.15) is 58.2 Å². The van der Waals surface area contributed by atoms with Gasteiger partial charge in [0.15, 0.2) is 0 Å². The predicted octanol–water partition coefficient (Wildman–Crippen LogP) is 4.27. The molecule has 0 spiro atoms. The minimum atomic E-state index is -1.11. The van der Waals surface area contributed by atoms with Gasteiger partial charge in [-0.1, -0.05) is 65.5 Å². The first kappa shape index (κ1) is 21.4. The molecule has 5 nitrogen and oxygen atoms in total.